The molecule has 2 heterocycles. The van der Waals surface area contributed by atoms with E-state index in [9.17, 15) is 22.8 Å². The van der Waals surface area contributed by atoms with E-state index in [1.807, 2.05) is 13.8 Å². The maximum Gasteiger partial charge on any atom is 0.490 e. The third-order valence-corrected chi connectivity index (χ3v) is 4.92. The summed E-state index contributed by atoms with van der Waals surface area (Å²) in [5.41, 5.74) is 1.17. The maximum absolute atomic E-state index is 12.6. The average Bonchev–Trinajstić information content (AvgIpc) is 3.43. The zero-order valence-electron chi connectivity index (χ0n) is 15.7. The van der Waals surface area contributed by atoms with E-state index in [0.29, 0.717) is 11.6 Å². The molecule has 1 amide bonds. The lowest BCUT2D eigenvalue weighted by Gasteiger charge is -2.32. The van der Waals surface area contributed by atoms with Crippen LogP contribution in [0.25, 0.3) is 0 Å². The number of alkyl halides is 3. The second kappa shape index (κ2) is 8.34. The molecule has 0 radical (unpaired) electrons. The summed E-state index contributed by atoms with van der Waals surface area (Å²) in [5, 5.41) is 13.4. The number of aliphatic carboxylic acids is 1. The summed E-state index contributed by atoms with van der Waals surface area (Å²) >= 11 is 0. The number of nitrogens with one attached hydrogen (secondary N) is 2. The largest absolute Gasteiger partial charge is 0.490 e. The molecule has 1 saturated heterocycles. The number of carbonyl (C=O) groups is 2. The Kier molecular flexibility index (Phi) is 6.53. The molecule has 0 atom stereocenters. The predicted molar refractivity (Wildman–Crippen MR) is 96.2 cm³/mol. The molecule has 3 N–H and O–H groups in total. The summed E-state index contributed by atoms with van der Waals surface area (Å²) in [6.45, 7) is 5.59. The number of halogens is 3. The van der Waals surface area contributed by atoms with E-state index in [4.69, 9.17) is 9.90 Å². The first-order chi connectivity index (χ1) is 12.9. The Hall–Kier alpha value is -2.36. The zero-order valence-corrected chi connectivity index (χ0v) is 15.7. The molecule has 1 aliphatic heterocycles. The molecule has 1 aromatic rings. The van der Waals surface area contributed by atoms with Crippen LogP contribution in [0.15, 0.2) is 17.1 Å². The van der Waals surface area contributed by atoms with Gasteiger partial charge in [-0.3, -0.25) is 9.59 Å². The van der Waals surface area contributed by atoms with Gasteiger partial charge in [-0.1, -0.05) is 6.92 Å². The van der Waals surface area contributed by atoms with Gasteiger partial charge in [-0.25, -0.2) is 4.79 Å². The molecule has 10 heteroatoms. The van der Waals surface area contributed by atoms with Crippen molar-refractivity contribution in [2.75, 3.05) is 18.4 Å². The van der Waals surface area contributed by atoms with E-state index in [1.165, 1.54) is 0 Å². The lowest BCUT2D eigenvalue weighted by atomic mass is 9.80. The minimum Gasteiger partial charge on any atom is -0.475 e. The normalized spacial score (nSPS) is 18.6. The molecular weight excluding hydrogens is 379 g/mol. The van der Waals surface area contributed by atoms with Gasteiger partial charge in [0.2, 0.25) is 5.91 Å². The first-order valence-electron chi connectivity index (χ1n) is 8.99. The molecular formula is C18H24F3N3O4. The number of aryl methyl sites for hydroxylation is 1. The van der Waals surface area contributed by atoms with Gasteiger partial charge in [0.15, 0.2) is 0 Å². The number of anilines is 1. The Labute approximate surface area is 159 Å². The molecule has 1 saturated carbocycles. The van der Waals surface area contributed by atoms with E-state index in [1.54, 1.807) is 16.8 Å². The molecule has 3 rings (SSSR count). The number of carboxylic acids is 1. The van der Waals surface area contributed by atoms with Gasteiger partial charge < -0.3 is 20.3 Å². The van der Waals surface area contributed by atoms with Crippen LogP contribution in [0.3, 0.4) is 0 Å². The van der Waals surface area contributed by atoms with Gasteiger partial charge in [0.05, 0.1) is 5.69 Å². The van der Waals surface area contributed by atoms with Crippen LogP contribution in [0.5, 0.6) is 0 Å². The number of aromatic nitrogens is 1. The number of carbonyl (C=O) groups excluding carboxylic acids is 1. The molecule has 28 heavy (non-hydrogen) atoms. The smallest absolute Gasteiger partial charge is 0.475 e. The fourth-order valence-electron chi connectivity index (χ4n) is 2.92. The van der Waals surface area contributed by atoms with Crippen molar-refractivity contribution in [1.29, 1.82) is 0 Å². The number of hydrogen-bond donors (Lipinski definition) is 3. The summed E-state index contributed by atoms with van der Waals surface area (Å²) in [6, 6.07) is 2.10. The van der Waals surface area contributed by atoms with Crippen molar-refractivity contribution in [1.82, 2.24) is 9.88 Å². The van der Waals surface area contributed by atoms with Crippen LogP contribution in [0.1, 0.15) is 44.2 Å². The van der Waals surface area contributed by atoms with E-state index < -0.39 is 12.1 Å². The topological polar surface area (TPSA) is 100 Å². The van der Waals surface area contributed by atoms with Crippen LogP contribution < -0.4 is 16.2 Å². The Bertz CT molecular complexity index is 794. The molecule has 1 aliphatic carbocycles. The van der Waals surface area contributed by atoms with E-state index >= 15 is 0 Å². The van der Waals surface area contributed by atoms with Crippen molar-refractivity contribution in [2.45, 2.75) is 51.7 Å². The van der Waals surface area contributed by atoms with Crippen molar-refractivity contribution < 1.29 is 27.9 Å². The third kappa shape index (κ3) is 5.57. The molecule has 2 fully saturated rings. The number of carboxylic acid groups (broad SMARTS) is 1. The lowest BCUT2D eigenvalue weighted by Crippen LogP contribution is -2.43. The summed E-state index contributed by atoms with van der Waals surface area (Å²) < 4.78 is 33.5. The van der Waals surface area contributed by atoms with Crippen LogP contribution >= 0.6 is 0 Å². The fourth-order valence-corrected chi connectivity index (χ4v) is 2.92. The third-order valence-electron chi connectivity index (χ3n) is 4.92. The fraction of sp³-hybridized carbons (Fsp3) is 0.611. The van der Waals surface area contributed by atoms with Crippen LogP contribution in [-0.2, 0) is 9.59 Å². The summed E-state index contributed by atoms with van der Waals surface area (Å²) in [4.78, 5) is 33.5. The molecule has 0 aromatic carbocycles. The molecule has 0 bridgehead atoms. The minimum absolute atomic E-state index is 0.0589. The highest BCUT2D eigenvalue weighted by Crippen LogP contribution is 2.34. The van der Waals surface area contributed by atoms with E-state index in [2.05, 4.69) is 10.6 Å². The Morgan fingerprint density at radius 2 is 1.82 bits per heavy atom. The number of piperidine rings is 1. The second-order valence-electron chi connectivity index (χ2n) is 7.42. The van der Waals surface area contributed by atoms with Crippen molar-refractivity contribution in [2.24, 2.45) is 5.41 Å². The van der Waals surface area contributed by atoms with Crippen molar-refractivity contribution in [3.05, 3.63) is 28.2 Å². The highest BCUT2D eigenvalue weighted by atomic mass is 19.4. The first kappa shape index (κ1) is 21.9. The van der Waals surface area contributed by atoms with E-state index in [-0.39, 0.29) is 16.9 Å². The SMILES string of the molecule is Cc1cc(NC(=O)C2(C)CCNCC2)cn(C2CC2)c1=O.O=C(O)C(F)(F)F. The standard InChI is InChI=1S/C16H23N3O2.C2HF3O2/c1-11-9-12(10-19(14(11)20)13-3-4-13)18-15(21)16(2)5-7-17-8-6-16;3-2(4,5)1(6)7/h9-10,13,17H,3-8H2,1-2H3,(H,18,21);(H,6,7). The second-order valence-corrected chi connectivity index (χ2v) is 7.42. The summed E-state index contributed by atoms with van der Waals surface area (Å²) in [7, 11) is 0. The Morgan fingerprint density at radius 1 is 1.29 bits per heavy atom. The number of rotatable bonds is 3. The highest BCUT2D eigenvalue weighted by Gasteiger charge is 2.38. The van der Waals surface area contributed by atoms with Gasteiger partial charge >= 0.3 is 12.1 Å². The maximum atomic E-state index is 12.6. The quantitative estimate of drug-likeness (QED) is 0.720. The zero-order chi connectivity index (χ0) is 21.1. The van der Waals surface area contributed by atoms with Crippen molar-refractivity contribution in [3.8, 4) is 0 Å². The number of pyridine rings is 1. The van der Waals surface area contributed by atoms with Crippen LogP contribution in [0.4, 0.5) is 18.9 Å². The van der Waals surface area contributed by atoms with Crippen LogP contribution in [-0.4, -0.2) is 40.8 Å². The Balaban J connectivity index is 0.000000345. The van der Waals surface area contributed by atoms with Crippen LogP contribution in [0.2, 0.25) is 0 Å². The first-order valence-corrected chi connectivity index (χ1v) is 8.99. The average molecular weight is 403 g/mol. The van der Waals surface area contributed by atoms with Crippen molar-refractivity contribution in [3.63, 3.8) is 0 Å². The molecule has 0 unspecified atom stereocenters. The van der Waals surface area contributed by atoms with Gasteiger partial charge in [0.25, 0.3) is 5.56 Å². The number of nitrogens with zero attached hydrogens (tertiary/aromatic N) is 1. The molecule has 1 aromatic heterocycles. The highest BCUT2D eigenvalue weighted by molar-refractivity contribution is 5.95. The molecule has 156 valence electrons. The van der Waals surface area contributed by atoms with E-state index in [0.717, 1.165) is 44.5 Å². The van der Waals surface area contributed by atoms with Crippen LogP contribution in [0, 0.1) is 12.3 Å². The lowest BCUT2D eigenvalue weighted by molar-refractivity contribution is -0.192. The van der Waals surface area contributed by atoms with Gasteiger partial charge in [0, 0.05) is 23.2 Å². The summed E-state index contributed by atoms with van der Waals surface area (Å²) in [6.07, 6.45) is 0.524. The predicted octanol–water partition coefficient (Wildman–Crippen LogP) is 2.45. The van der Waals surface area contributed by atoms with Gasteiger partial charge in [-0.15, -0.1) is 0 Å². The Morgan fingerprint density at radius 3 is 2.29 bits per heavy atom. The minimum atomic E-state index is -5.08. The van der Waals surface area contributed by atoms with Gasteiger partial charge in [-0.2, -0.15) is 13.2 Å². The molecule has 7 nitrogen and oxygen atoms in total. The van der Waals surface area contributed by atoms with Crippen molar-refractivity contribution >= 4 is 17.6 Å². The number of amides is 1. The summed E-state index contributed by atoms with van der Waals surface area (Å²) in [5.74, 6) is -2.70. The number of hydrogen-bond acceptors (Lipinski definition) is 4. The van der Waals surface area contributed by atoms with Gasteiger partial charge in [-0.05, 0) is 51.8 Å². The molecule has 2 aliphatic rings. The monoisotopic (exact) mass is 403 g/mol. The van der Waals surface area contributed by atoms with Gasteiger partial charge in [0.1, 0.15) is 0 Å². The molecule has 0 spiro atoms.